The average molecular weight is 476 g/mol. The van der Waals surface area contributed by atoms with Gasteiger partial charge in [-0.25, -0.2) is 13.4 Å². The molecule has 0 saturated heterocycles. The summed E-state index contributed by atoms with van der Waals surface area (Å²) in [5.74, 6) is -0.234. The van der Waals surface area contributed by atoms with Crippen LogP contribution < -0.4 is 0 Å². The maximum absolute atomic E-state index is 13.3. The van der Waals surface area contributed by atoms with Crippen molar-refractivity contribution in [3.05, 3.63) is 69.7 Å². The van der Waals surface area contributed by atoms with Crippen molar-refractivity contribution in [2.75, 3.05) is 20.3 Å². The van der Waals surface area contributed by atoms with Crippen LogP contribution in [0.15, 0.2) is 53.1 Å². The Morgan fingerprint density at radius 1 is 1.22 bits per heavy atom. The largest absolute Gasteiger partial charge is 0.383 e. The van der Waals surface area contributed by atoms with Crippen LogP contribution >= 0.6 is 11.3 Å². The van der Waals surface area contributed by atoms with Gasteiger partial charge in [0, 0.05) is 19.7 Å². The zero-order valence-corrected chi connectivity index (χ0v) is 20.4. The fourth-order valence-electron chi connectivity index (χ4n) is 3.52. The van der Waals surface area contributed by atoms with Crippen LogP contribution in [0.5, 0.6) is 0 Å². The second-order valence-corrected chi connectivity index (χ2v) is 10.7. The summed E-state index contributed by atoms with van der Waals surface area (Å²) in [6.45, 7) is 6.74. The van der Waals surface area contributed by atoms with Gasteiger partial charge in [-0.05, 0) is 43.3 Å². The number of carbonyl (C=O) groups excluding carboxylic acids is 1. The van der Waals surface area contributed by atoms with Crippen LogP contribution in [0.25, 0.3) is 0 Å². The van der Waals surface area contributed by atoms with Gasteiger partial charge in [-0.15, -0.1) is 11.3 Å². The first kappa shape index (κ1) is 24.2. The first-order valence-corrected chi connectivity index (χ1v) is 12.9. The van der Waals surface area contributed by atoms with Crippen LogP contribution in [0.1, 0.15) is 46.4 Å². The van der Waals surface area contributed by atoms with Crippen LogP contribution in [-0.4, -0.2) is 49.0 Å². The predicted molar refractivity (Wildman–Crippen MR) is 126 cm³/mol. The van der Waals surface area contributed by atoms with E-state index in [1.54, 1.807) is 28.8 Å². The summed E-state index contributed by atoms with van der Waals surface area (Å²) in [6.07, 6.45) is 1.56. The van der Waals surface area contributed by atoms with E-state index < -0.39 is 9.84 Å². The van der Waals surface area contributed by atoms with Crippen molar-refractivity contribution in [2.24, 2.45) is 0 Å². The van der Waals surface area contributed by atoms with E-state index in [1.807, 2.05) is 56.5 Å². The molecule has 32 heavy (non-hydrogen) atoms. The molecule has 0 unspecified atom stereocenters. The highest BCUT2D eigenvalue weighted by Gasteiger charge is 2.27. The van der Waals surface area contributed by atoms with E-state index in [2.05, 4.69) is 4.98 Å². The maximum atomic E-state index is 13.3. The Bertz CT molecular complexity index is 1150. The number of carbonyl (C=O) groups is 1. The SMILES string of the molecule is COCCN(Cc1cnc(S(=O)(=O)Cc2ccccc2C)n1C(C)C)C(=O)c1cccs1. The minimum absolute atomic E-state index is 0.0287. The summed E-state index contributed by atoms with van der Waals surface area (Å²) >= 11 is 1.38. The molecule has 9 heteroatoms. The van der Waals surface area contributed by atoms with E-state index in [0.717, 1.165) is 11.1 Å². The number of nitrogens with zero attached hydrogens (tertiary/aromatic N) is 3. The second kappa shape index (κ2) is 10.4. The number of thiophene rings is 1. The standard InChI is InChI=1S/C23H29N3O4S2/c1-17(2)26-20(15-25(11-12-30-4)22(27)21-10-7-13-31-21)14-24-23(26)32(28,29)16-19-9-6-5-8-18(19)3/h5-10,13-14,17H,11-12,15-16H2,1-4H3. The highest BCUT2D eigenvalue weighted by Crippen LogP contribution is 2.24. The highest BCUT2D eigenvalue weighted by molar-refractivity contribution is 7.90. The smallest absolute Gasteiger partial charge is 0.264 e. The Hall–Kier alpha value is -2.49. The molecule has 0 aliphatic carbocycles. The van der Waals surface area contributed by atoms with Crippen LogP contribution in [0, 0.1) is 6.92 Å². The van der Waals surface area contributed by atoms with Gasteiger partial charge in [0.2, 0.25) is 15.0 Å². The first-order valence-electron chi connectivity index (χ1n) is 10.4. The summed E-state index contributed by atoms with van der Waals surface area (Å²) in [7, 11) is -2.10. The first-order chi connectivity index (χ1) is 15.2. The lowest BCUT2D eigenvalue weighted by Crippen LogP contribution is -2.34. The van der Waals surface area contributed by atoms with Crippen molar-refractivity contribution < 1.29 is 17.9 Å². The van der Waals surface area contributed by atoms with Crippen molar-refractivity contribution >= 4 is 27.1 Å². The molecule has 7 nitrogen and oxygen atoms in total. The van der Waals surface area contributed by atoms with Crippen LogP contribution in [0.4, 0.5) is 0 Å². The van der Waals surface area contributed by atoms with Gasteiger partial charge in [0.1, 0.15) is 0 Å². The minimum Gasteiger partial charge on any atom is -0.383 e. The molecule has 0 aliphatic rings. The summed E-state index contributed by atoms with van der Waals surface area (Å²) in [6, 6.07) is 10.9. The molecule has 0 fully saturated rings. The Labute approximate surface area is 193 Å². The topological polar surface area (TPSA) is 81.5 Å². The lowest BCUT2D eigenvalue weighted by molar-refractivity contribution is 0.0679. The molecule has 0 saturated carbocycles. The number of rotatable bonds is 10. The zero-order chi connectivity index (χ0) is 23.3. The van der Waals surface area contributed by atoms with Crippen molar-refractivity contribution in [2.45, 2.75) is 44.3 Å². The van der Waals surface area contributed by atoms with Crippen LogP contribution in [0.2, 0.25) is 0 Å². The molecule has 3 rings (SSSR count). The summed E-state index contributed by atoms with van der Waals surface area (Å²) < 4.78 is 33.5. The molecular formula is C23H29N3O4S2. The van der Waals surface area contributed by atoms with Crippen molar-refractivity contribution in [1.82, 2.24) is 14.5 Å². The fourth-order valence-corrected chi connectivity index (χ4v) is 5.92. The number of imidazole rings is 1. The molecule has 2 heterocycles. The van der Waals surface area contributed by atoms with E-state index in [-0.39, 0.29) is 29.4 Å². The fraction of sp³-hybridized carbons (Fsp3) is 0.391. The van der Waals surface area contributed by atoms with E-state index in [0.29, 0.717) is 23.7 Å². The van der Waals surface area contributed by atoms with E-state index in [9.17, 15) is 13.2 Å². The third kappa shape index (κ3) is 5.46. The van der Waals surface area contributed by atoms with Gasteiger partial charge in [-0.3, -0.25) is 4.79 Å². The van der Waals surface area contributed by atoms with Gasteiger partial charge < -0.3 is 14.2 Å². The molecule has 1 amide bonds. The molecule has 0 atom stereocenters. The molecule has 0 bridgehead atoms. The number of aromatic nitrogens is 2. The Balaban J connectivity index is 1.94. The van der Waals surface area contributed by atoms with E-state index in [1.165, 1.54) is 11.3 Å². The predicted octanol–water partition coefficient (Wildman–Crippen LogP) is 4.10. The molecule has 3 aromatic rings. The Kier molecular flexibility index (Phi) is 7.86. The lowest BCUT2D eigenvalue weighted by Gasteiger charge is -2.24. The number of sulfone groups is 1. The van der Waals surface area contributed by atoms with Gasteiger partial charge in [-0.1, -0.05) is 30.3 Å². The van der Waals surface area contributed by atoms with Gasteiger partial charge >= 0.3 is 0 Å². The molecular weight excluding hydrogens is 446 g/mol. The maximum Gasteiger partial charge on any atom is 0.264 e. The number of hydrogen-bond acceptors (Lipinski definition) is 6. The number of ether oxygens (including phenoxy) is 1. The number of methoxy groups -OCH3 is 1. The van der Waals surface area contributed by atoms with E-state index >= 15 is 0 Å². The molecule has 0 aliphatic heterocycles. The lowest BCUT2D eigenvalue weighted by atomic mass is 10.1. The van der Waals surface area contributed by atoms with Crippen molar-refractivity contribution in [3.8, 4) is 0 Å². The van der Waals surface area contributed by atoms with Gasteiger partial charge in [-0.2, -0.15) is 0 Å². The summed E-state index contributed by atoms with van der Waals surface area (Å²) in [4.78, 5) is 19.6. The minimum atomic E-state index is -3.68. The molecule has 172 valence electrons. The molecule has 0 N–H and O–H groups in total. The van der Waals surface area contributed by atoms with Gasteiger partial charge in [0.15, 0.2) is 0 Å². The number of hydrogen-bond donors (Lipinski definition) is 0. The Morgan fingerprint density at radius 2 is 1.97 bits per heavy atom. The molecule has 1 aromatic carbocycles. The second-order valence-electron chi connectivity index (χ2n) is 7.88. The normalized spacial score (nSPS) is 11.8. The van der Waals surface area contributed by atoms with Crippen molar-refractivity contribution in [1.29, 1.82) is 0 Å². The summed E-state index contributed by atoms with van der Waals surface area (Å²) in [5, 5.41) is 1.89. The average Bonchev–Trinajstić information content (AvgIpc) is 3.42. The third-order valence-corrected chi connectivity index (χ3v) is 7.59. The molecule has 0 spiro atoms. The monoisotopic (exact) mass is 475 g/mol. The highest BCUT2D eigenvalue weighted by atomic mass is 32.2. The van der Waals surface area contributed by atoms with Gasteiger partial charge in [0.25, 0.3) is 5.91 Å². The quantitative estimate of drug-likeness (QED) is 0.441. The third-order valence-electron chi connectivity index (χ3n) is 5.18. The van der Waals surface area contributed by atoms with Crippen LogP contribution in [-0.2, 0) is 26.9 Å². The number of aryl methyl sites for hydroxylation is 1. The molecule has 2 aromatic heterocycles. The van der Waals surface area contributed by atoms with Crippen molar-refractivity contribution in [3.63, 3.8) is 0 Å². The van der Waals surface area contributed by atoms with Crippen LogP contribution in [0.3, 0.4) is 0 Å². The number of amides is 1. The Morgan fingerprint density at radius 3 is 2.59 bits per heavy atom. The van der Waals surface area contributed by atoms with Gasteiger partial charge in [0.05, 0.1) is 35.7 Å². The summed E-state index contributed by atoms with van der Waals surface area (Å²) in [5.41, 5.74) is 2.34. The molecule has 0 radical (unpaired) electrons. The van der Waals surface area contributed by atoms with E-state index in [4.69, 9.17) is 4.74 Å². The number of benzene rings is 1. The zero-order valence-electron chi connectivity index (χ0n) is 18.8.